The first-order valence-electron chi connectivity index (χ1n) is 12.7. The van der Waals surface area contributed by atoms with Gasteiger partial charge in [-0.2, -0.15) is 0 Å². The number of hydrogen-bond acceptors (Lipinski definition) is 6. The summed E-state index contributed by atoms with van der Waals surface area (Å²) < 4.78 is 20.6. The van der Waals surface area contributed by atoms with Gasteiger partial charge in [-0.25, -0.2) is 9.37 Å². The quantitative estimate of drug-likeness (QED) is 0.565. The molecule has 3 fully saturated rings. The van der Waals surface area contributed by atoms with Crippen LogP contribution in [-0.2, 0) is 9.53 Å². The lowest BCUT2D eigenvalue weighted by Gasteiger charge is -2.43. The fourth-order valence-corrected chi connectivity index (χ4v) is 5.85. The highest BCUT2D eigenvalue weighted by Gasteiger charge is 2.46. The largest absolute Gasteiger partial charge is 0.389 e. The number of piperidine rings is 1. The summed E-state index contributed by atoms with van der Waals surface area (Å²) >= 11 is 0. The molecule has 1 amide bonds. The molecular formula is C28H31FN4O3. The van der Waals surface area contributed by atoms with Crippen LogP contribution < -0.4 is 5.32 Å². The van der Waals surface area contributed by atoms with Crippen LogP contribution in [0.1, 0.15) is 49.3 Å². The number of nitrogens with zero attached hydrogens (tertiary/aromatic N) is 3. The molecule has 4 heterocycles. The Balaban J connectivity index is 1.15. The number of carbonyl (C=O) groups excluding carboxylic acids is 1. The number of hydrogen-bond donors (Lipinski definition) is 2. The Hall–Kier alpha value is -2.94. The van der Waals surface area contributed by atoms with E-state index in [1.165, 1.54) is 0 Å². The molecule has 188 valence electrons. The van der Waals surface area contributed by atoms with Crippen molar-refractivity contribution in [3.8, 4) is 0 Å². The van der Waals surface area contributed by atoms with Crippen LogP contribution in [0.2, 0.25) is 0 Å². The molecule has 2 saturated heterocycles. The van der Waals surface area contributed by atoms with Crippen LogP contribution in [0.3, 0.4) is 0 Å². The number of aromatic nitrogens is 2. The molecule has 2 N–H and O–H groups in total. The van der Waals surface area contributed by atoms with E-state index in [1.54, 1.807) is 18.5 Å². The van der Waals surface area contributed by atoms with Crippen molar-refractivity contribution >= 4 is 22.5 Å². The summed E-state index contributed by atoms with van der Waals surface area (Å²) in [6.45, 7) is 4.51. The third-order valence-electron chi connectivity index (χ3n) is 8.33. The molecule has 0 unspecified atom stereocenters. The van der Waals surface area contributed by atoms with Crippen molar-refractivity contribution in [2.45, 2.75) is 49.7 Å². The van der Waals surface area contributed by atoms with Crippen LogP contribution in [0.5, 0.6) is 0 Å². The van der Waals surface area contributed by atoms with E-state index in [1.807, 2.05) is 37.3 Å². The lowest BCUT2D eigenvalue weighted by molar-refractivity contribution is -0.117. The number of carbonyl (C=O) groups is 1. The maximum Gasteiger partial charge on any atom is 0.229 e. The zero-order valence-electron chi connectivity index (χ0n) is 20.4. The van der Waals surface area contributed by atoms with E-state index in [9.17, 15) is 9.90 Å². The topological polar surface area (TPSA) is 87.6 Å². The summed E-state index contributed by atoms with van der Waals surface area (Å²) in [6, 6.07) is 11.0. The minimum absolute atomic E-state index is 0.0567. The van der Waals surface area contributed by atoms with Crippen LogP contribution >= 0.6 is 0 Å². The molecule has 2 aromatic heterocycles. The van der Waals surface area contributed by atoms with Crippen molar-refractivity contribution < 1.29 is 19.0 Å². The maximum atomic E-state index is 15.1. The van der Waals surface area contributed by atoms with E-state index < -0.39 is 6.10 Å². The second-order valence-corrected chi connectivity index (χ2v) is 10.6. The van der Waals surface area contributed by atoms with E-state index in [-0.39, 0.29) is 35.0 Å². The first-order valence-corrected chi connectivity index (χ1v) is 12.7. The third-order valence-corrected chi connectivity index (χ3v) is 8.33. The SMILES string of the molecule is C[C@@]1(N2CCC(c3cc4cc(NC(=O)[C@H]5C[C@@H]5c5ccccn5)ncc4cc3F)CC2)COC[C@@H]1O. The Labute approximate surface area is 209 Å². The molecule has 7 nitrogen and oxygen atoms in total. The number of ether oxygens (including phenoxy) is 1. The molecule has 0 spiro atoms. The van der Waals surface area contributed by atoms with Gasteiger partial charge in [-0.3, -0.25) is 14.7 Å². The maximum absolute atomic E-state index is 15.1. The summed E-state index contributed by atoms with van der Waals surface area (Å²) in [5, 5.41) is 14.9. The molecule has 1 aliphatic carbocycles. The summed E-state index contributed by atoms with van der Waals surface area (Å²) in [7, 11) is 0. The molecule has 1 aromatic carbocycles. The van der Waals surface area contributed by atoms with Crippen LogP contribution in [0.4, 0.5) is 10.2 Å². The van der Waals surface area contributed by atoms with Gasteiger partial charge in [0.1, 0.15) is 11.6 Å². The number of anilines is 1. The van der Waals surface area contributed by atoms with Gasteiger partial charge in [-0.1, -0.05) is 6.07 Å². The zero-order valence-corrected chi connectivity index (χ0v) is 20.4. The normalized spacial score (nSPS) is 28.9. The average Bonchev–Trinajstić information content (AvgIpc) is 3.63. The van der Waals surface area contributed by atoms with Gasteiger partial charge in [0.15, 0.2) is 0 Å². The molecule has 3 aliphatic rings. The first-order chi connectivity index (χ1) is 17.4. The first kappa shape index (κ1) is 23.5. The van der Waals surface area contributed by atoms with Crippen LogP contribution in [0, 0.1) is 11.7 Å². The Morgan fingerprint density at radius 2 is 2.03 bits per heavy atom. The number of benzene rings is 1. The van der Waals surface area contributed by atoms with E-state index >= 15 is 4.39 Å². The number of rotatable bonds is 5. The number of aliphatic hydroxyl groups is 1. The molecule has 6 rings (SSSR count). The summed E-state index contributed by atoms with van der Waals surface area (Å²) in [5.74, 6) is 0.361. The third kappa shape index (κ3) is 4.27. The molecule has 0 radical (unpaired) electrons. The van der Waals surface area contributed by atoms with Crippen molar-refractivity contribution in [1.82, 2.24) is 14.9 Å². The molecule has 1 saturated carbocycles. The molecule has 8 heteroatoms. The summed E-state index contributed by atoms with van der Waals surface area (Å²) in [5.41, 5.74) is 1.28. The second-order valence-electron chi connectivity index (χ2n) is 10.6. The van der Waals surface area contributed by atoms with Gasteiger partial charge in [0, 0.05) is 35.3 Å². The van der Waals surface area contributed by atoms with Crippen molar-refractivity contribution in [3.05, 3.63) is 65.9 Å². The molecular weight excluding hydrogens is 459 g/mol. The minimum atomic E-state index is -0.498. The van der Waals surface area contributed by atoms with Crippen molar-refractivity contribution in [2.24, 2.45) is 5.92 Å². The highest BCUT2D eigenvalue weighted by molar-refractivity contribution is 5.96. The highest BCUT2D eigenvalue weighted by Crippen LogP contribution is 2.47. The van der Waals surface area contributed by atoms with Gasteiger partial charge >= 0.3 is 0 Å². The summed E-state index contributed by atoms with van der Waals surface area (Å²) in [6.07, 6.45) is 5.29. The molecule has 2 aliphatic heterocycles. The Kier molecular flexibility index (Phi) is 5.98. The highest BCUT2D eigenvalue weighted by atomic mass is 19.1. The zero-order chi connectivity index (χ0) is 24.9. The average molecular weight is 491 g/mol. The van der Waals surface area contributed by atoms with E-state index in [0.29, 0.717) is 30.0 Å². The van der Waals surface area contributed by atoms with Gasteiger partial charge in [0.05, 0.1) is 24.9 Å². The fourth-order valence-electron chi connectivity index (χ4n) is 5.85. The van der Waals surface area contributed by atoms with Crippen molar-refractivity contribution in [2.75, 3.05) is 31.6 Å². The second kappa shape index (κ2) is 9.18. The predicted octanol–water partition coefficient (Wildman–Crippen LogP) is 3.84. The molecule has 4 atom stereocenters. The van der Waals surface area contributed by atoms with Crippen LogP contribution in [0.25, 0.3) is 10.8 Å². The molecule has 36 heavy (non-hydrogen) atoms. The minimum Gasteiger partial charge on any atom is -0.389 e. The van der Waals surface area contributed by atoms with Gasteiger partial charge in [-0.15, -0.1) is 0 Å². The van der Waals surface area contributed by atoms with Crippen LogP contribution in [0.15, 0.2) is 48.8 Å². The smallest absolute Gasteiger partial charge is 0.229 e. The lowest BCUT2D eigenvalue weighted by atomic mass is 9.85. The number of halogens is 1. The molecule has 0 bridgehead atoms. The monoisotopic (exact) mass is 490 g/mol. The van der Waals surface area contributed by atoms with Gasteiger partial charge in [0.25, 0.3) is 0 Å². The van der Waals surface area contributed by atoms with E-state index in [2.05, 4.69) is 20.2 Å². The predicted molar refractivity (Wildman–Crippen MR) is 134 cm³/mol. The number of aliphatic hydroxyl groups excluding tert-OH is 1. The Bertz CT molecular complexity index is 1280. The van der Waals surface area contributed by atoms with Crippen molar-refractivity contribution in [1.29, 1.82) is 0 Å². The fraction of sp³-hybridized carbons (Fsp3) is 0.464. The van der Waals surface area contributed by atoms with E-state index in [4.69, 9.17) is 4.74 Å². The van der Waals surface area contributed by atoms with Gasteiger partial charge < -0.3 is 15.2 Å². The van der Waals surface area contributed by atoms with Crippen LogP contribution in [-0.4, -0.2) is 63.8 Å². The molecule has 3 aromatic rings. The van der Waals surface area contributed by atoms with E-state index in [0.717, 1.165) is 43.4 Å². The Morgan fingerprint density at radius 3 is 2.75 bits per heavy atom. The van der Waals surface area contributed by atoms with Gasteiger partial charge in [-0.05, 0) is 86.5 Å². The number of likely N-dealkylation sites (tertiary alicyclic amines) is 1. The standard InChI is InChI=1S/C28H31FN4O3/c1-28(16-36-15-25(28)34)33-8-5-17(6-9-33)20-10-18-12-26(31-14-19(18)11-23(20)29)32-27(35)22-13-21(22)24-4-2-3-7-30-24/h2-4,7,10-12,14,17,21-22,25,34H,5-6,8-9,13,15-16H2,1H3,(H,31,32,35)/t21-,22-,25-,28+/m0/s1. The Morgan fingerprint density at radius 1 is 1.19 bits per heavy atom. The van der Waals surface area contributed by atoms with Gasteiger partial charge in [0.2, 0.25) is 5.91 Å². The lowest BCUT2D eigenvalue weighted by Crippen LogP contribution is -2.56. The number of nitrogens with one attached hydrogen (secondary N) is 1. The number of fused-ring (bicyclic) bond motifs is 1. The number of pyridine rings is 2. The summed E-state index contributed by atoms with van der Waals surface area (Å²) in [4.78, 5) is 23.8. The number of amides is 1. The van der Waals surface area contributed by atoms with Crippen molar-refractivity contribution in [3.63, 3.8) is 0 Å².